The smallest absolute Gasteiger partial charge is 0.119 e. The van der Waals surface area contributed by atoms with Gasteiger partial charge in [-0.3, -0.25) is 4.90 Å². The Kier molecular flexibility index (Phi) is 5.76. The molecule has 1 saturated heterocycles. The van der Waals surface area contributed by atoms with Crippen molar-refractivity contribution in [2.45, 2.75) is 6.10 Å². The predicted molar refractivity (Wildman–Crippen MR) is 101 cm³/mol. The monoisotopic (exact) mass is 390 g/mol. The fourth-order valence-electron chi connectivity index (χ4n) is 3.02. The van der Waals surface area contributed by atoms with Gasteiger partial charge in [-0.25, -0.2) is 0 Å². The molecular weight excluding hydrogens is 368 g/mol. The van der Waals surface area contributed by atoms with Gasteiger partial charge >= 0.3 is 0 Å². The fourth-order valence-corrected chi connectivity index (χ4v) is 3.28. The standard InChI is InChI=1S/C19H23BrN2O2/c1-24-18-8-6-17(7-9-18)22-12-10-21(11-13-22)14-19(23)15-2-4-16(20)5-3-15/h2-9,19,23H,10-14H2,1H3. The first-order valence-corrected chi connectivity index (χ1v) is 9.00. The minimum absolute atomic E-state index is 0.439. The number of benzene rings is 2. The molecule has 128 valence electrons. The van der Waals surface area contributed by atoms with Gasteiger partial charge in [-0.05, 0) is 42.0 Å². The summed E-state index contributed by atoms with van der Waals surface area (Å²) in [6.07, 6.45) is -0.439. The van der Waals surface area contributed by atoms with E-state index in [0.717, 1.165) is 42.0 Å². The molecule has 2 aromatic carbocycles. The second-order valence-electron chi connectivity index (χ2n) is 6.05. The summed E-state index contributed by atoms with van der Waals surface area (Å²) in [5, 5.41) is 10.4. The number of β-amino-alcohol motifs (C(OH)–C–C–N with tert-alkyl or cyclic N) is 1. The molecule has 1 unspecified atom stereocenters. The van der Waals surface area contributed by atoms with E-state index in [-0.39, 0.29) is 0 Å². The lowest BCUT2D eigenvalue weighted by Crippen LogP contribution is -2.47. The number of nitrogens with zero attached hydrogens (tertiary/aromatic N) is 2. The Balaban J connectivity index is 1.52. The molecule has 1 N–H and O–H groups in total. The van der Waals surface area contributed by atoms with Crippen LogP contribution in [0.2, 0.25) is 0 Å². The zero-order valence-corrected chi connectivity index (χ0v) is 15.4. The van der Waals surface area contributed by atoms with E-state index in [1.165, 1.54) is 5.69 Å². The molecule has 3 rings (SSSR count). The van der Waals surface area contributed by atoms with E-state index < -0.39 is 6.10 Å². The second-order valence-corrected chi connectivity index (χ2v) is 6.97. The summed E-state index contributed by atoms with van der Waals surface area (Å²) in [6.45, 7) is 4.54. The van der Waals surface area contributed by atoms with Gasteiger partial charge in [0, 0.05) is 42.9 Å². The van der Waals surface area contributed by atoms with Crippen LogP contribution in [-0.4, -0.2) is 49.8 Å². The topological polar surface area (TPSA) is 35.9 Å². The number of methoxy groups -OCH3 is 1. The number of hydrogen-bond donors (Lipinski definition) is 1. The predicted octanol–water partition coefficient (Wildman–Crippen LogP) is 3.31. The zero-order valence-electron chi connectivity index (χ0n) is 13.9. The van der Waals surface area contributed by atoms with Crippen molar-refractivity contribution in [3.05, 3.63) is 58.6 Å². The lowest BCUT2D eigenvalue weighted by molar-refractivity contribution is 0.109. The van der Waals surface area contributed by atoms with Gasteiger partial charge < -0.3 is 14.7 Å². The first kappa shape index (κ1) is 17.3. The van der Waals surface area contributed by atoms with Gasteiger partial charge in [0.1, 0.15) is 5.75 Å². The van der Waals surface area contributed by atoms with Gasteiger partial charge in [-0.1, -0.05) is 28.1 Å². The first-order chi connectivity index (χ1) is 11.7. The Hall–Kier alpha value is -1.56. The van der Waals surface area contributed by atoms with Crippen LogP contribution in [0.5, 0.6) is 5.75 Å². The number of anilines is 1. The Morgan fingerprint density at radius 1 is 1.00 bits per heavy atom. The van der Waals surface area contributed by atoms with Gasteiger partial charge in [-0.15, -0.1) is 0 Å². The minimum atomic E-state index is -0.439. The van der Waals surface area contributed by atoms with Crippen LogP contribution in [0.15, 0.2) is 53.0 Å². The van der Waals surface area contributed by atoms with E-state index in [9.17, 15) is 5.11 Å². The summed E-state index contributed by atoms with van der Waals surface area (Å²) in [6, 6.07) is 16.1. The van der Waals surface area contributed by atoms with Crippen molar-refractivity contribution in [1.82, 2.24) is 4.90 Å². The molecule has 0 aliphatic carbocycles. The van der Waals surface area contributed by atoms with E-state index in [2.05, 4.69) is 37.9 Å². The molecule has 5 heteroatoms. The van der Waals surface area contributed by atoms with Crippen LogP contribution < -0.4 is 9.64 Å². The quantitative estimate of drug-likeness (QED) is 0.849. The third kappa shape index (κ3) is 4.29. The molecule has 1 atom stereocenters. The molecular formula is C19H23BrN2O2. The van der Waals surface area contributed by atoms with Gasteiger partial charge in [0.05, 0.1) is 13.2 Å². The molecule has 0 aromatic heterocycles. The van der Waals surface area contributed by atoms with Crippen LogP contribution in [0.4, 0.5) is 5.69 Å². The molecule has 24 heavy (non-hydrogen) atoms. The van der Waals surface area contributed by atoms with Gasteiger partial charge in [0.2, 0.25) is 0 Å². The maximum Gasteiger partial charge on any atom is 0.119 e. The number of piperazine rings is 1. The molecule has 1 aliphatic rings. The molecule has 1 aliphatic heterocycles. The van der Waals surface area contributed by atoms with Crippen LogP contribution in [0.25, 0.3) is 0 Å². The Morgan fingerprint density at radius 3 is 2.21 bits per heavy atom. The first-order valence-electron chi connectivity index (χ1n) is 8.20. The molecule has 2 aromatic rings. The Labute approximate surface area is 151 Å². The largest absolute Gasteiger partial charge is 0.497 e. The fraction of sp³-hybridized carbons (Fsp3) is 0.368. The molecule has 1 heterocycles. The van der Waals surface area contributed by atoms with Crippen molar-refractivity contribution >= 4 is 21.6 Å². The van der Waals surface area contributed by atoms with Crippen LogP contribution in [0.1, 0.15) is 11.7 Å². The highest BCUT2D eigenvalue weighted by Gasteiger charge is 2.20. The van der Waals surface area contributed by atoms with E-state index >= 15 is 0 Å². The lowest BCUT2D eigenvalue weighted by Gasteiger charge is -2.37. The molecule has 0 amide bonds. The van der Waals surface area contributed by atoms with Crippen molar-refractivity contribution in [1.29, 1.82) is 0 Å². The third-order valence-corrected chi connectivity index (χ3v) is 5.02. The summed E-state index contributed by atoms with van der Waals surface area (Å²) in [5.41, 5.74) is 2.19. The van der Waals surface area contributed by atoms with E-state index in [0.29, 0.717) is 6.54 Å². The normalized spacial score (nSPS) is 16.9. The maximum absolute atomic E-state index is 10.4. The number of hydrogen-bond acceptors (Lipinski definition) is 4. The minimum Gasteiger partial charge on any atom is -0.497 e. The molecule has 0 bridgehead atoms. The van der Waals surface area contributed by atoms with Crippen molar-refractivity contribution < 1.29 is 9.84 Å². The van der Waals surface area contributed by atoms with Gasteiger partial charge in [0.15, 0.2) is 0 Å². The summed E-state index contributed by atoms with van der Waals surface area (Å²) >= 11 is 3.43. The van der Waals surface area contributed by atoms with Crippen LogP contribution in [0, 0.1) is 0 Å². The number of aliphatic hydroxyl groups is 1. The summed E-state index contributed by atoms with van der Waals surface area (Å²) < 4.78 is 6.24. The number of ether oxygens (including phenoxy) is 1. The van der Waals surface area contributed by atoms with Crippen LogP contribution in [0.3, 0.4) is 0 Å². The maximum atomic E-state index is 10.4. The van der Waals surface area contributed by atoms with Crippen LogP contribution >= 0.6 is 15.9 Å². The number of halogens is 1. The molecule has 0 spiro atoms. The lowest BCUT2D eigenvalue weighted by atomic mass is 10.1. The average Bonchev–Trinajstić information content (AvgIpc) is 2.63. The third-order valence-electron chi connectivity index (χ3n) is 4.50. The van der Waals surface area contributed by atoms with Gasteiger partial charge in [-0.2, -0.15) is 0 Å². The van der Waals surface area contributed by atoms with Crippen molar-refractivity contribution in [2.24, 2.45) is 0 Å². The number of rotatable bonds is 5. The Morgan fingerprint density at radius 2 is 1.62 bits per heavy atom. The highest BCUT2D eigenvalue weighted by Crippen LogP contribution is 2.22. The summed E-state index contributed by atoms with van der Waals surface area (Å²) in [4.78, 5) is 4.70. The number of aliphatic hydroxyl groups excluding tert-OH is 1. The molecule has 0 radical (unpaired) electrons. The summed E-state index contributed by atoms with van der Waals surface area (Å²) in [5.74, 6) is 0.884. The highest BCUT2D eigenvalue weighted by molar-refractivity contribution is 9.10. The van der Waals surface area contributed by atoms with Crippen molar-refractivity contribution in [3.63, 3.8) is 0 Å². The second kappa shape index (κ2) is 8.01. The summed E-state index contributed by atoms with van der Waals surface area (Å²) in [7, 11) is 1.69. The molecule has 4 nitrogen and oxygen atoms in total. The van der Waals surface area contributed by atoms with E-state index in [1.54, 1.807) is 7.11 Å². The highest BCUT2D eigenvalue weighted by atomic mass is 79.9. The average molecular weight is 391 g/mol. The Bertz CT molecular complexity index is 637. The molecule has 1 fully saturated rings. The van der Waals surface area contributed by atoms with Crippen LogP contribution in [-0.2, 0) is 0 Å². The van der Waals surface area contributed by atoms with Gasteiger partial charge in [0.25, 0.3) is 0 Å². The zero-order chi connectivity index (χ0) is 16.9. The van der Waals surface area contributed by atoms with E-state index in [4.69, 9.17) is 4.74 Å². The van der Waals surface area contributed by atoms with Crippen molar-refractivity contribution in [3.8, 4) is 5.75 Å². The van der Waals surface area contributed by atoms with Crippen molar-refractivity contribution in [2.75, 3.05) is 44.7 Å². The molecule has 0 saturated carbocycles. The van der Waals surface area contributed by atoms with E-state index in [1.807, 2.05) is 36.4 Å². The SMILES string of the molecule is COc1ccc(N2CCN(CC(O)c3ccc(Br)cc3)CC2)cc1.